The molecule has 1 N–H and O–H groups in total. The predicted molar refractivity (Wildman–Crippen MR) is 100 cm³/mol. The van der Waals surface area contributed by atoms with Gasteiger partial charge in [0.25, 0.3) is 5.91 Å². The second-order valence-electron chi connectivity index (χ2n) is 6.89. The van der Waals surface area contributed by atoms with Crippen LogP contribution in [0.5, 0.6) is 0 Å². The normalized spacial score (nSPS) is 17.5. The van der Waals surface area contributed by atoms with Crippen molar-refractivity contribution >= 4 is 22.7 Å². The van der Waals surface area contributed by atoms with Crippen LogP contribution in [-0.2, 0) is 10.8 Å². The summed E-state index contributed by atoms with van der Waals surface area (Å²) in [5.41, 5.74) is 0. The first-order valence-electron chi connectivity index (χ1n) is 8.50. The molecule has 0 aliphatic carbocycles. The number of carbonyl (C=O) groups is 1. The van der Waals surface area contributed by atoms with Crippen molar-refractivity contribution in [3.05, 3.63) is 24.2 Å². The van der Waals surface area contributed by atoms with E-state index in [2.05, 4.69) is 15.2 Å². The lowest BCUT2D eigenvalue weighted by atomic mass is 10.3. The zero-order chi connectivity index (χ0) is 18.4. The summed E-state index contributed by atoms with van der Waals surface area (Å²) in [6, 6.07) is 3.40. The summed E-state index contributed by atoms with van der Waals surface area (Å²) in [4.78, 5) is 20.5. The highest BCUT2D eigenvalue weighted by molar-refractivity contribution is 7.86. The SMILES string of the molecule is CN=C(NCCS(=O)C(C)(C)C)N1CCN(C(=O)c2ccco2)CC1. The molecule has 1 aromatic heterocycles. The summed E-state index contributed by atoms with van der Waals surface area (Å²) in [5.74, 6) is 1.67. The van der Waals surface area contributed by atoms with Crippen LogP contribution in [0.2, 0.25) is 0 Å². The molecular formula is C17H28N4O3S. The minimum atomic E-state index is -0.889. The van der Waals surface area contributed by atoms with E-state index in [4.69, 9.17) is 4.42 Å². The van der Waals surface area contributed by atoms with Gasteiger partial charge in [-0.2, -0.15) is 0 Å². The summed E-state index contributed by atoms with van der Waals surface area (Å²) in [6.07, 6.45) is 1.51. The molecular weight excluding hydrogens is 340 g/mol. The second-order valence-corrected chi connectivity index (χ2v) is 9.22. The Hall–Kier alpha value is -1.83. The number of nitrogens with one attached hydrogen (secondary N) is 1. The number of carbonyl (C=O) groups excluding carboxylic acids is 1. The molecule has 2 rings (SSSR count). The monoisotopic (exact) mass is 368 g/mol. The van der Waals surface area contributed by atoms with Crippen molar-refractivity contribution in [3.63, 3.8) is 0 Å². The van der Waals surface area contributed by atoms with Crippen LogP contribution in [0, 0.1) is 0 Å². The lowest BCUT2D eigenvalue weighted by Crippen LogP contribution is -2.54. The third kappa shape index (κ3) is 5.32. The first-order chi connectivity index (χ1) is 11.8. The number of guanidine groups is 1. The number of nitrogens with zero attached hydrogens (tertiary/aromatic N) is 3. The molecule has 1 amide bonds. The molecule has 25 heavy (non-hydrogen) atoms. The maximum absolute atomic E-state index is 12.3. The van der Waals surface area contributed by atoms with Gasteiger partial charge in [0.2, 0.25) is 0 Å². The molecule has 7 nitrogen and oxygen atoms in total. The zero-order valence-corrected chi connectivity index (χ0v) is 16.3. The number of hydrogen-bond donors (Lipinski definition) is 1. The molecule has 0 radical (unpaired) electrons. The minimum absolute atomic E-state index is 0.0758. The number of furan rings is 1. The third-order valence-corrected chi connectivity index (χ3v) is 6.00. The minimum Gasteiger partial charge on any atom is -0.459 e. The molecule has 0 bridgehead atoms. The fourth-order valence-corrected chi connectivity index (χ4v) is 3.47. The van der Waals surface area contributed by atoms with Crippen molar-refractivity contribution in [2.24, 2.45) is 4.99 Å². The van der Waals surface area contributed by atoms with E-state index in [1.807, 2.05) is 20.8 Å². The molecule has 2 heterocycles. The van der Waals surface area contributed by atoms with Crippen molar-refractivity contribution in [2.45, 2.75) is 25.5 Å². The Morgan fingerprint density at radius 2 is 1.92 bits per heavy atom. The lowest BCUT2D eigenvalue weighted by Gasteiger charge is -2.36. The van der Waals surface area contributed by atoms with E-state index in [1.54, 1.807) is 24.1 Å². The van der Waals surface area contributed by atoms with Gasteiger partial charge < -0.3 is 19.5 Å². The molecule has 1 atom stereocenters. The molecule has 1 fully saturated rings. The Morgan fingerprint density at radius 3 is 2.44 bits per heavy atom. The maximum atomic E-state index is 12.3. The average Bonchev–Trinajstić information content (AvgIpc) is 3.12. The van der Waals surface area contributed by atoms with E-state index in [9.17, 15) is 9.00 Å². The quantitative estimate of drug-likeness (QED) is 0.637. The molecule has 1 aromatic rings. The summed E-state index contributed by atoms with van der Waals surface area (Å²) in [6.45, 7) is 9.20. The van der Waals surface area contributed by atoms with Crippen LogP contribution in [0.3, 0.4) is 0 Å². The van der Waals surface area contributed by atoms with Gasteiger partial charge in [-0.3, -0.25) is 14.0 Å². The highest BCUT2D eigenvalue weighted by Gasteiger charge is 2.25. The predicted octanol–water partition coefficient (Wildman–Crippen LogP) is 1.16. The number of amides is 1. The van der Waals surface area contributed by atoms with Gasteiger partial charge in [-0.15, -0.1) is 0 Å². The molecule has 0 spiro atoms. The summed E-state index contributed by atoms with van der Waals surface area (Å²) in [7, 11) is 0.850. The van der Waals surface area contributed by atoms with E-state index >= 15 is 0 Å². The van der Waals surface area contributed by atoms with Gasteiger partial charge in [0, 0.05) is 61.1 Å². The van der Waals surface area contributed by atoms with E-state index in [0.29, 0.717) is 44.2 Å². The van der Waals surface area contributed by atoms with Gasteiger partial charge in [0.05, 0.1) is 6.26 Å². The maximum Gasteiger partial charge on any atom is 0.289 e. The molecule has 0 saturated carbocycles. The zero-order valence-electron chi connectivity index (χ0n) is 15.4. The topological polar surface area (TPSA) is 78.2 Å². The molecule has 1 aliphatic heterocycles. The molecule has 1 saturated heterocycles. The van der Waals surface area contributed by atoms with Crippen LogP contribution in [0.25, 0.3) is 0 Å². The number of piperazine rings is 1. The van der Waals surface area contributed by atoms with Gasteiger partial charge in [-0.05, 0) is 32.9 Å². The summed E-state index contributed by atoms with van der Waals surface area (Å²) >= 11 is 0. The van der Waals surface area contributed by atoms with Gasteiger partial charge in [-0.25, -0.2) is 0 Å². The van der Waals surface area contributed by atoms with Crippen LogP contribution in [0.1, 0.15) is 31.3 Å². The highest BCUT2D eigenvalue weighted by atomic mass is 32.2. The van der Waals surface area contributed by atoms with Crippen molar-refractivity contribution in [1.82, 2.24) is 15.1 Å². The van der Waals surface area contributed by atoms with E-state index in [0.717, 1.165) is 5.96 Å². The van der Waals surface area contributed by atoms with Crippen LogP contribution in [0.4, 0.5) is 0 Å². The molecule has 0 aromatic carbocycles. The van der Waals surface area contributed by atoms with Crippen molar-refractivity contribution in [1.29, 1.82) is 0 Å². The summed E-state index contributed by atoms with van der Waals surface area (Å²) in [5, 5.41) is 3.27. The van der Waals surface area contributed by atoms with Crippen LogP contribution in [-0.4, -0.2) is 76.1 Å². The number of hydrogen-bond acceptors (Lipinski definition) is 4. The van der Waals surface area contributed by atoms with Crippen LogP contribution < -0.4 is 5.32 Å². The lowest BCUT2D eigenvalue weighted by molar-refractivity contribution is 0.0658. The largest absolute Gasteiger partial charge is 0.459 e. The molecule has 1 aliphatic rings. The first-order valence-corrected chi connectivity index (χ1v) is 9.81. The molecule has 140 valence electrons. The molecule has 1 unspecified atom stereocenters. The van der Waals surface area contributed by atoms with Crippen LogP contribution >= 0.6 is 0 Å². The van der Waals surface area contributed by atoms with Gasteiger partial charge in [0.1, 0.15) is 0 Å². The number of rotatable bonds is 4. The van der Waals surface area contributed by atoms with Crippen molar-refractivity contribution < 1.29 is 13.4 Å². The Morgan fingerprint density at radius 1 is 1.28 bits per heavy atom. The smallest absolute Gasteiger partial charge is 0.289 e. The van der Waals surface area contributed by atoms with Crippen LogP contribution in [0.15, 0.2) is 27.8 Å². The van der Waals surface area contributed by atoms with E-state index < -0.39 is 10.8 Å². The Balaban J connectivity index is 1.80. The Kier molecular flexibility index (Phi) is 6.64. The van der Waals surface area contributed by atoms with E-state index in [1.165, 1.54) is 6.26 Å². The average molecular weight is 369 g/mol. The van der Waals surface area contributed by atoms with E-state index in [-0.39, 0.29) is 10.7 Å². The fraction of sp³-hybridized carbons (Fsp3) is 0.647. The van der Waals surface area contributed by atoms with Gasteiger partial charge >= 0.3 is 0 Å². The Bertz CT molecular complexity index is 614. The standard InChI is InChI=1S/C17H28N4O3S/c1-17(2,3)25(23)13-7-19-16(18-4)21-10-8-20(9-11-21)15(22)14-6-5-12-24-14/h5-6,12H,7-11,13H2,1-4H3,(H,18,19). The highest BCUT2D eigenvalue weighted by Crippen LogP contribution is 2.11. The van der Waals surface area contributed by atoms with Gasteiger partial charge in [-0.1, -0.05) is 0 Å². The van der Waals surface area contributed by atoms with Gasteiger partial charge in [0.15, 0.2) is 11.7 Å². The Labute approximate surface area is 151 Å². The second kappa shape index (κ2) is 8.51. The fourth-order valence-electron chi connectivity index (χ4n) is 2.57. The summed E-state index contributed by atoms with van der Waals surface area (Å²) < 4.78 is 17.1. The molecule has 8 heteroatoms. The van der Waals surface area contributed by atoms with Crippen molar-refractivity contribution in [3.8, 4) is 0 Å². The first kappa shape index (κ1) is 19.5. The number of aliphatic imine (C=N–C) groups is 1. The van der Waals surface area contributed by atoms with Crippen molar-refractivity contribution in [2.75, 3.05) is 45.5 Å². The third-order valence-electron chi connectivity index (χ3n) is 4.06.